The highest BCUT2D eigenvalue weighted by atomic mass is 32.2. The molecule has 0 aliphatic carbocycles. The van der Waals surface area contributed by atoms with E-state index in [2.05, 4.69) is 5.32 Å². The van der Waals surface area contributed by atoms with E-state index in [-0.39, 0.29) is 19.1 Å². The van der Waals surface area contributed by atoms with Crippen LogP contribution in [0.25, 0.3) is 10.8 Å². The Balaban J connectivity index is 1.61. The molecule has 6 nitrogen and oxygen atoms in total. The number of carbonyl (C=O) groups is 1. The topological polar surface area (TPSA) is 75.7 Å². The molecule has 1 atom stereocenters. The van der Waals surface area contributed by atoms with Crippen LogP contribution in [0.4, 0.5) is 5.69 Å². The third-order valence-electron chi connectivity index (χ3n) is 4.51. The van der Waals surface area contributed by atoms with E-state index in [0.717, 1.165) is 27.1 Å². The summed E-state index contributed by atoms with van der Waals surface area (Å²) in [4.78, 5) is 12.6. The molecule has 152 valence electrons. The molecule has 3 aromatic carbocycles. The van der Waals surface area contributed by atoms with E-state index in [4.69, 9.17) is 4.74 Å². The van der Waals surface area contributed by atoms with Crippen LogP contribution in [0.3, 0.4) is 0 Å². The molecule has 0 radical (unpaired) electrons. The first kappa shape index (κ1) is 20.7. The van der Waals surface area contributed by atoms with Crippen LogP contribution in [0.2, 0.25) is 0 Å². The molecular formula is C22H24N2O4S. The van der Waals surface area contributed by atoms with Crippen molar-refractivity contribution < 1.29 is 17.9 Å². The predicted molar refractivity (Wildman–Crippen MR) is 116 cm³/mol. The number of benzene rings is 3. The molecular weight excluding hydrogens is 388 g/mol. The van der Waals surface area contributed by atoms with Crippen LogP contribution in [0.15, 0.2) is 72.8 Å². The van der Waals surface area contributed by atoms with E-state index < -0.39 is 16.1 Å². The van der Waals surface area contributed by atoms with E-state index in [1.54, 1.807) is 37.3 Å². The minimum Gasteiger partial charge on any atom is -0.491 e. The molecule has 0 saturated carbocycles. The van der Waals surface area contributed by atoms with E-state index in [1.165, 1.54) is 0 Å². The first-order valence-corrected chi connectivity index (χ1v) is 11.2. The molecule has 0 bridgehead atoms. The predicted octanol–water partition coefficient (Wildman–Crippen LogP) is 3.19. The largest absolute Gasteiger partial charge is 0.491 e. The Morgan fingerprint density at radius 2 is 1.66 bits per heavy atom. The lowest BCUT2D eigenvalue weighted by Gasteiger charge is -2.28. The van der Waals surface area contributed by atoms with Gasteiger partial charge in [0, 0.05) is 5.39 Å². The number of fused-ring (bicyclic) bond motifs is 1. The molecule has 0 saturated heterocycles. The van der Waals surface area contributed by atoms with Gasteiger partial charge in [-0.15, -0.1) is 0 Å². The van der Waals surface area contributed by atoms with E-state index in [9.17, 15) is 13.2 Å². The maximum Gasteiger partial charge on any atom is 0.243 e. The summed E-state index contributed by atoms with van der Waals surface area (Å²) in [6, 6.07) is 21.4. The summed E-state index contributed by atoms with van der Waals surface area (Å²) in [6.45, 7) is 2.10. The highest BCUT2D eigenvalue weighted by Gasteiger charge is 2.28. The van der Waals surface area contributed by atoms with Gasteiger partial charge in [0.05, 0.1) is 18.5 Å². The quantitative estimate of drug-likeness (QED) is 0.577. The Kier molecular flexibility index (Phi) is 6.39. The zero-order valence-electron chi connectivity index (χ0n) is 16.4. The molecule has 1 unspecified atom stereocenters. The number of rotatable bonds is 8. The van der Waals surface area contributed by atoms with Gasteiger partial charge in [0.25, 0.3) is 0 Å². The highest BCUT2D eigenvalue weighted by Crippen LogP contribution is 2.25. The van der Waals surface area contributed by atoms with Crippen molar-refractivity contribution in [2.24, 2.45) is 0 Å². The van der Waals surface area contributed by atoms with Crippen LogP contribution < -0.4 is 14.4 Å². The number of amides is 1. The van der Waals surface area contributed by atoms with Crippen molar-refractivity contribution in [3.8, 4) is 5.75 Å². The maximum absolute atomic E-state index is 12.6. The Bertz CT molecular complexity index is 1080. The zero-order chi connectivity index (χ0) is 20.9. The van der Waals surface area contributed by atoms with Crippen LogP contribution in [-0.4, -0.2) is 39.8 Å². The lowest BCUT2D eigenvalue weighted by molar-refractivity contribution is -0.121. The summed E-state index contributed by atoms with van der Waals surface area (Å²) in [5, 5.41) is 4.83. The fourth-order valence-corrected chi connectivity index (χ4v) is 4.36. The second-order valence-electron chi connectivity index (χ2n) is 6.69. The summed E-state index contributed by atoms with van der Waals surface area (Å²) in [7, 11) is -3.62. The molecule has 1 N–H and O–H groups in total. The Labute approximate surface area is 171 Å². The lowest BCUT2D eigenvalue weighted by Crippen LogP contribution is -2.48. The Morgan fingerprint density at radius 3 is 2.38 bits per heavy atom. The number of sulfonamides is 1. The van der Waals surface area contributed by atoms with Gasteiger partial charge in [-0.3, -0.25) is 9.10 Å². The molecule has 0 aliphatic heterocycles. The van der Waals surface area contributed by atoms with Crippen molar-refractivity contribution in [2.75, 3.05) is 23.7 Å². The fraction of sp³-hybridized carbons (Fsp3) is 0.227. The Hall–Kier alpha value is -3.06. The van der Waals surface area contributed by atoms with Gasteiger partial charge in [-0.2, -0.15) is 0 Å². The van der Waals surface area contributed by atoms with Gasteiger partial charge in [0.2, 0.25) is 15.9 Å². The molecule has 7 heteroatoms. The number of para-hydroxylation sites is 1. The van der Waals surface area contributed by atoms with Crippen LogP contribution >= 0.6 is 0 Å². The molecule has 0 fully saturated rings. The molecule has 3 rings (SSSR count). The van der Waals surface area contributed by atoms with Crippen LogP contribution in [0.1, 0.15) is 6.92 Å². The SMILES string of the molecule is CC(C(=O)NCCOc1cccc2ccccc12)N(c1ccccc1)S(C)(=O)=O. The van der Waals surface area contributed by atoms with Gasteiger partial charge in [0.15, 0.2) is 0 Å². The molecule has 3 aromatic rings. The number of anilines is 1. The lowest BCUT2D eigenvalue weighted by atomic mass is 10.1. The minimum absolute atomic E-state index is 0.263. The second-order valence-corrected chi connectivity index (χ2v) is 8.55. The molecule has 0 aliphatic rings. The van der Waals surface area contributed by atoms with E-state index in [0.29, 0.717) is 5.69 Å². The van der Waals surface area contributed by atoms with E-state index in [1.807, 2.05) is 42.5 Å². The number of ether oxygens (including phenoxy) is 1. The molecule has 0 heterocycles. The van der Waals surface area contributed by atoms with Crippen molar-refractivity contribution in [3.63, 3.8) is 0 Å². The number of nitrogens with one attached hydrogen (secondary N) is 1. The van der Waals surface area contributed by atoms with Gasteiger partial charge in [-0.25, -0.2) is 8.42 Å². The number of hydrogen-bond acceptors (Lipinski definition) is 4. The second kappa shape index (κ2) is 8.96. The molecule has 0 spiro atoms. The van der Waals surface area contributed by atoms with Gasteiger partial charge in [0.1, 0.15) is 18.4 Å². The van der Waals surface area contributed by atoms with Crippen molar-refractivity contribution in [2.45, 2.75) is 13.0 Å². The van der Waals surface area contributed by atoms with Gasteiger partial charge in [-0.05, 0) is 30.5 Å². The van der Waals surface area contributed by atoms with E-state index >= 15 is 0 Å². The van der Waals surface area contributed by atoms with Gasteiger partial charge >= 0.3 is 0 Å². The van der Waals surface area contributed by atoms with Crippen molar-refractivity contribution >= 4 is 32.4 Å². The average molecular weight is 413 g/mol. The molecule has 0 aromatic heterocycles. The number of carbonyl (C=O) groups excluding carboxylic acids is 1. The van der Waals surface area contributed by atoms with Gasteiger partial charge < -0.3 is 10.1 Å². The third kappa shape index (κ3) is 5.06. The Morgan fingerprint density at radius 1 is 1.00 bits per heavy atom. The maximum atomic E-state index is 12.6. The van der Waals surface area contributed by atoms with Crippen LogP contribution in [0, 0.1) is 0 Å². The summed E-state index contributed by atoms with van der Waals surface area (Å²) in [5.74, 6) is 0.355. The van der Waals surface area contributed by atoms with Crippen molar-refractivity contribution in [1.82, 2.24) is 5.32 Å². The highest BCUT2D eigenvalue weighted by molar-refractivity contribution is 7.92. The first-order valence-electron chi connectivity index (χ1n) is 9.30. The third-order valence-corrected chi connectivity index (χ3v) is 5.75. The van der Waals surface area contributed by atoms with Crippen LogP contribution in [0.5, 0.6) is 5.75 Å². The summed E-state index contributed by atoms with van der Waals surface area (Å²) in [6.07, 6.45) is 1.09. The first-order chi connectivity index (χ1) is 13.9. The standard InChI is InChI=1S/C22H24N2O4S/c1-17(24(29(2,26)27)19-11-4-3-5-12-19)22(25)23-15-16-28-21-14-8-10-18-9-6-7-13-20(18)21/h3-14,17H,15-16H2,1-2H3,(H,23,25). The van der Waals surface area contributed by atoms with Crippen molar-refractivity contribution in [1.29, 1.82) is 0 Å². The number of hydrogen-bond donors (Lipinski definition) is 1. The molecule has 1 amide bonds. The van der Waals surface area contributed by atoms with Gasteiger partial charge in [-0.1, -0.05) is 54.6 Å². The normalized spacial score (nSPS) is 12.3. The monoisotopic (exact) mass is 412 g/mol. The summed E-state index contributed by atoms with van der Waals surface area (Å²) >= 11 is 0. The van der Waals surface area contributed by atoms with Crippen LogP contribution in [-0.2, 0) is 14.8 Å². The fourth-order valence-electron chi connectivity index (χ4n) is 3.19. The summed E-state index contributed by atoms with van der Waals surface area (Å²) in [5.41, 5.74) is 0.449. The molecule has 29 heavy (non-hydrogen) atoms. The smallest absolute Gasteiger partial charge is 0.243 e. The minimum atomic E-state index is -3.62. The average Bonchev–Trinajstić information content (AvgIpc) is 2.71. The van der Waals surface area contributed by atoms with Crippen molar-refractivity contribution in [3.05, 3.63) is 72.8 Å². The summed E-state index contributed by atoms with van der Waals surface area (Å²) < 4.78 is 31.4. The zero-order valence-corrected chi connectivity index (χ0v) is 17.2. The number of nitrogens with zero attached hydrogens (tertiary/aromatic N) is 1.